The van der Waals surface area contributed by atoms with Crippen LogP contribution in [-0.2, 0) is 4.79 Å². The van der Waals surface area contributed by atoms with Crippen molar-refractivity contribution in [2.45, 2.75) is 57.0 Å². The van der Waals surface area contributed by atoms with Crippen molar-refractivity contribution in [2.24, 2.45) is 5.92 Å². The van der Waals surface area contributed by atoms with Gasteiger partial charge in [0.25, 0.3) is 0 Å². The molecular weight excluding hydrogens is 226 g/mol. The first-order valence-electron chi connectivity index (χ1n) is 7.48. The quantitative estimate of drug-likeness (QED) is 0.701. The molecule has 2 aliphatic rings. The highest BCUT2D eigenvalue weighted by Gasteiger charge is 2.32. The van der Waals surface area contributed by atoms with Crippen LogP contribution in [0, 0.1) is 5.92 Å². The normalized spacial score (nSPS) is 33.1. The number of carbonyl (C=O) groups excluding carboxylic acids is 1. The molecule has 1 saturated heterocycles. The van der Waals surface area contributed by atoms with Crippen LogP contribution in [-0.4, -0.2) is 38.1 Å². The molecule has 0 radical (unpaired) electrons. The largest absolute Gasteiger partial charge is 0.358 e. The third-order valence-electron chi connectivity index (χ3n) is 4.49. The van der Waals surface area contributed by atoms with Crippen molar-refractivity contribution in [3.63, 3.8) is 0 Å². The Morgan fingerprint density at radius 3 is 2.67 bits per heavy atom. The number of nitrogens with one attached hydrogen (secondary N) is 3. The molecule has 3 atom stereocenters. The fourth-order valence-corrected chi connectivity index (χ4v) is 3.45. The van der Waals surface area contributed by atoms with Crippen molar-refractivity contribution < 1.29 is 4.79 Å². The summed E-state index contributed by atoms with van der Waals surface area (Å²) in [4.78, 5) is 11.3. The predicted molar refractivity (Wildman–Crippen MR) is 73.5 cm³/mol. The first kappa shape index (κ1) is 13.8. The van der Waals surface area contributed by atoms with E-state index in [0.29, 0.717) is 24.5 Å². The molecule has 3 unspecified atom stereocenters. The first-order valence-corrected chi connectivity index (χ1v) is 7.48. The maximum atomic E-state index is 11.3. The monoisotopic (exact) mass is 253 g/mol. The topological polar surface area (TPSA) is 53.2 Å². The van der Waals surface area contributed by atoms with Gasteiger partial charge in [0.15, 0.2) is 0 Å². The van der Waals surface area contributed by atoms with Gasteiger partial charge in [0.2, 0.25) is 5.91 Å². The van der Waals surface area contributed by atoms with Crippen molar-refractivity contribution in [2.75, 3.05) is 20.1 Å². The average molecular weight is 253 g/mol. The average Bonchev–Trinajstić information content (AvgIpc) is 2.46. The van der Waals surface area contributed by atoms with Gasteiger partial charge >= 0.3 is 0 Å². The van der Waals surface area contributed by atoms with Gasteiger partial charge in [-0.3, -0.25) is 4.79 Å². The zero-order chi connectivity index (χ0) is 12.8. The van der Waals surface area contributed by atoms with Crippen LogP contribution in [0.2, 0.25) is 0 Å². The van der Waals surface area contributed by atoms with E-state index in [4.69, 9.17) is 0 Å². The lowest BCUT2D eigenvalue weighted by molar-refractivity contribution is -0.120. The van der Waals surface area contributed by atoms with E-state index in [1.54, 1.807) is 7.05 Å². The molecule has 104 valence electrons. The molecule has 1 amide bonds. The van der Waals surface area contributed by atoms with E-state index >= 15 is 0 Å². The summed E-state index contributed by atoms with van der Waals surface area (Å²) in [5.74, 6) is 0.805. The van der Waals surface area contributed by atoms with E-state index in [0.717, 1.165) is 0 Å². The van der Waals surface area contributed by atoms with Crippen LogP contribution >= 0.6 is 0 Å². The van der Waals surface area contributed by atoms with E-state index in [1.807, 2.05) is 0 Å². The molecular formula is C14H27N3O. The Balaban J connectivity index is 1.86. The van der Waals surface area contributed by atoms with Crippen LogP contribution in [0.4, 0.5) is 0 Å². The summed E-state index contributed by atoms with van der Waals surface area (Å²) in [7, 11) is 1.70. The third-order valence-corrected chi connectivity index (χ3v) is 4.49. The van der Waals surface area contributed by atoms with Gasteiger partial charge in [-0.2, -0.15) is 0 Å². The fourth-order valence-electron chi connectivity index (χ4n) is 3.45. The Morgan fingerprint density at radius 2 is 1.94 bits per heavy atom. The minimum absolute atomic E-state index is 0.0935. The Kier molecular flexibility index (Phi) is 5.45. The number of piperidine rings is 1. The predicted octanol–water partition coefficient (Wildman–Crippen LogP) is 1.02. The Morgan fingerprint density at radius 1 is 1.17 bits per heavy atom. The maximum Gasteiger partial charge on any atom is 0.233 e. The second-order valence-corrected chi connectivity index (χ2v) is 5.67. The fraction of sp³-hybridized carbons (Fsp3) is 0.929. The highest BCUT2D eigenvalue weighted by molar-refractivity contribution is 5.77. The number of rotatable bonds is 4. The molecule has 18 heavy (non-hydrogen) atoms. The standard InChI is InChI=1S/C14H27N3O/c1-15-14(18)10-17-13-7-3-2-6-11(13)12-8-4-5-9-16-12/h11-13,16-17H,2-10H2,1H3,(H,15,18). The van der Waals surface area contributed by atoms with Gasteiger partial charge in [0, 0.05) is 19.1 Å². The molecule has 3 N–H and O–H groups in total. The summed E-state index contributed by atoms with van der Waals surface area (Å²) in [6, 6.07) is 1.19. The summed E-state index contributed by atoms with van der Waals surface area (Å²) in [6.45, 7) is 1.63. The Hall–Kier alpha value is -0.610. The molecule has 4 heteroatoms. The minimum Gasteiger partial charge on any atom is -0.358 e. The van der Waals surface area contributed by atoms with E-state index in [2.05, 4.69) is 16.0 Å². The number of likely N-dealkylation sites (N-methyl/N-ethyl adjacent to an activating group) is 1. The van der Waals surface area contributed by atoms with Gasteiger partial charge in [0.1, 0.15) is 0 Å². The molecule has 0 spiro atoms. The van der Waals surface area contributed by atoms with Crippen LogP contribution in [0.15, 0.2) is 0 Å². The summed E-state index contributed by atoms with van der Waals surface area (Å²) >= 11 is 0. The van der Waals surface area contributed by atoms with Gasteiger partial charge < -0.3 is 16.0 Å². The molecule has 0 aromatic carbocycles. The maximum absolute atomic E-state index is 11.3. The summed E-state index contributed by atoms with van der Waals surface area (Å²) in [5.41, 5.74) is 0. The zero-order valence-corrected chi connectivity index (χ0v) is 11.5. The lowest BCUT2D eigenvalue weighted by Gasteiger charge is -2.39. The van der Waals surface area contributed by atoms with Crippen molar-refractivity contribution in [3.8, 4) is 0 Å². The number of carbonyl (C=O) groups is 1. The highest BCUT2D eigenvalue weighted by atomic mass is 16.1. The van der Waals surface area contributed by atoms with Crippen LogP contribution in [0.1, 0.15) is 44.9 Å². The van der Waals surface area contributed by atoms with Crippen molar-refractivity contribution in [3.05, 3.63) is 0 Å². The second kappa shape index (κ2) is 7.10. The summed E-state index contributed by atoms with van der Waals surface area (Å²) in [5, 5.41) is 9.83. The lowest BCUT2D eigenvalue weighted by Crippen LogP contribution is -2.52. The van der Waals surface area contributed by atoms with Crippen molar-refractivity contribution >= 4 is 5.91 Å². The molecule has 2 fully saturated rings. The molecule has 1 saturated carbocycles. The van der Waals surface area contributed by atoms with Crippen molar-refractivity contribution in [1.82, 2.24) is 16.0 Å². The Labute approximate surface area is 110 Å². The van der Waals surface area contributed by atoms with Crippen LogP contribution < -0.4 is 16.0 Å². The molecule has 2 rings (SSSR count). The number of hydrogen-bond acceptors (Lipinski definition) is 3. The smallest absolute Gasteiger partial charge is 0.233 e. The van der Waals surface area contributed by atoms with E-state index < -0.39 is 0 Å². The number of amides is 1. The summed E-state index contributed by atoms with van der Waals surface area (Å²) < 4.78 is 0. The van der Waals surface area contributed by atoms with Gasteiger partial charge in [0.05, 0.1) is 6.54 Å². The molecule has 1 aliphatic carbocycles. The molecule has 1 aliphatic heterocycles. The van der Waals surface area contributed by atoms with Crippen molar-refractivity contribution in [1.29, 1.82) is 0 Å². The van der Waals surface area contributed by atoms with E-state index in [1.165, 1.54) is 51.5 Å². The summed E-state index contributed by atoms with van der Waals surface area (Å²) in [6.07, 6.45) is 9.16. The third kappa shape index (κ3) is 3.69. The number of hydrogen-bond donors (Lipinski definition) is 3. The van der Waals surface area contributed by atoms with Gasteiger partial charge in [-0.15, -0.1) is 0 Å². The van der Waals surface area contributed by atoms with Crippen LogP contribution in [0.5, 0.6) is 0 Å². The van der Waals surface area contributed by atoms with Crippen LogP contribution in [0.25, 0.3) is 0 Å². The molecule has 0 aromatic heterocycles. The molecule has 0 bridgehead atoms. The van der Waals surface area contributed by atoms with E-state index in [-0.39, 0.29) is 5.91 Å². The SMILES string of the molecule is CNC(=O)CNC1CCCCC1C1CCCCN1. The zero-order valence-electron chi connectivity index (χ0n) is 11.5. The lowest BCUT2D eigenvalue weighted by atomic mass is 9.77. The van der Waals surface area contributed by atoms with E-state index in [9.17, 15) is 4.79 Å². The van der Waals surface area contributed by atoms with Gasteiger partial charge in [-0.1, -0.05) is 19.3 Å². The second-order valence-electron chi connectivity index (χ2n) is 5.67. The first-order chi connectivity index (χ1) is 8.81. The Bertz CT molecular complexity index is 264. The highest BCUT2D eigenvalue weighted by Crippen LogP contribution is 2.30. The minimum atomic E-state index is 0.0935. The molecule has 1 heterocycles. The molecule has 4 nitrogen and oxygen atoms in total. The van der Waals surface area contributed by atoms with Crippen LogP contribution in [0.3, 0.4) is 0 Å². The van der Waals surface area contributed by atoms with Gasteiger partial charge in [-0.25, -0.2) is 0 Å². The molecule has 0 aromatic rings. The van der Waals surface area contributed by atoms with Gasteiger partial charge in [-0.05, 0) is 38.1 Å².